The van der Waals surface area contributed by atoms with E-state index in [9.17, 15) is 15.2 Å². The van der Waals surface area contributed by atoms with Crippen LogP contribution in [0.1, 0.15) is 24.8 Å². The lowest BCUT2D eigenvalue weighted by atomic mass is 10.1. The number of nitro benzene ring substituents is 1. The van der Waals surface area contributed by atoms with Gasteiger partial charge in [-0.25, -0.2) is 0 Å². The first-order valence-electron chi connectivity index (χ1n) is 5.81. The number of nitro groups is 1. The molecule has 1 saturated carbocycles. The fourth-order valence-corrected chi connectivity index (χ4v) is 2.21. The van der Waals surface area contributed by atoms with Crippen LogP contribution in [0.2, 0.25) is 0 Å². The maximum Gasteiger partial charge on any atom is 0.269 e. The van der Waals surface area contributed by atoms with Gasteiger partial charge in [0.1, 0.15) is 0 Å². The van der Waals surface area contributed by atoms with E-state index in [1.165, 1.54) is 6.07 Å². The van der Waals surface area contributed by atoms with Crippen LogP contribution >= 0.6 is 0 Å². The van der Waals surface area contributed by atoms with E-state index in [0.29, 0.717) is 6.54 Å². The molecule has 92 valence electrons. The van der Waals surface area contributed by atoms with Gasteiger partial charge in [0.2, 0.25) is 0 Å². The molecular formula is C12H16N2O3. The molecule has 0 bridgehead atoms. The fraction of sp³-hybridized carbons (Fsp3) is 0.500. The Hall–Kier alpha value is -1.46. The standard InChI is InChI=1S/C12H16N2O3/c15-12-6-2-5-11(12)13-8-9-3-1-4-10(7-9)14(16)17/h1,3-4,7,11-13,15H,2,5-6,8H2. The van der Waals surface area contributed by atoms with Crippen LogP contribution < -0.4 is 5.32 Å². The predicted molar refractivity (Wildman–Crippen MR) is 63.6 cm³/mol. The second kappa shape index (κ2) is 5.25. The quantitative estimate of drug-likeness (QED) is 0.615. The molecule has 2 rings (SSSR count). The van der Waals surface area contributed by atoms with Crippen molar-refractivity contribution in [1.82, 2.24) is 5.32 Å². The van der Waals surface area contributed by atoms with Gasteiger partial charge in [0, 0.05) is 24.7 Å². The minimum atomic E-state index is -0.395. The van der Waals surface area contributed by atoms with E-state index in [1.54, 1.807) is 12.1 Å². The summed E-state index contributed by atoms with van der Waals surface area (Å²) >= 11 is 0. The summed E-state index contributed by atoms with van der Waals surface area (Å²) in [6.45, 7) is 0.559. The second-order valence-electron chi connectivity index (χ2n) is 4.41. The second-order valence-corrected chi connectivity index (χ2v) is 4.41. The average molecular weight is 236 g/mol. The highest BCUT2D eigenvalue weighted by atomic mass is 16.6. The van der Waals surface area contributed by atoms with Gasteiger partial charge in [-0.2, -0.15) is 0 Å². The van der Waals surface area contributed by atoms with E-state index < -0.39 is 4.92 Å². The van der Waals surface area contributed by atoms with Crippen molar-refractivity contribution in [3.05, 3.63) is 39.9 Å². The van der Waals surface area contributed by atoms with Gasteiger partial charge in [-0.3, -0.25) is 10.1 Å². The van der Waals surface area contributed by atoms with Crippen molar-refractivity contribution < 1.29 is 10.0 Å². The number of nitrogens with one attached hydrogen (secondary N) is 1. The van der Waals surface area contributed by atoms with Crippen molar-refractivity contribution in [2.24, 2.45) is 0 Å². The highest BCUT2D eigenvalue weighted by Gasteiger charge is 2.24. The van der Waals surface area contributed by atoms with Gasteiger partial charge in [-0.05, 0) is 24.8 Å². The Kier molecular flexibility index (Phi) is 3.71. The van der Waals surface area contributed by atoms with Crippen molar-refractivity contribution in [1.29, 1.82) is 0 Å². The van der Waals surface area contributed by atoms with E-state index in [4.69, 9.17) is 0 Å². The third kappa shape index (κ3) is 3.01. The SMILES string of the molecule is O=[N+]([O-])c1cccc(CNC2CCCC2O)c1. The topological polar surface area (TPSA) is 75.4 Å². The minimum Gasteiger partial charge on any atom is -0.392 e. The summed E-state index contributed by atoms with van der Waals surface area (Å²) in [6.07, 6.45) is 2.56. The molecule has 0 spiro atoms. The Bertz CT molecular complexity index is 408. The number of non-ortho nitro benzene ring substituents is 1. The summed E-state index contributed by atoms with van der Waals surface area (Å²) in [5.41, 5.74) is 0.981. The number of hydrogen-bond acceptors (Lipinski definition) is 4. The highest BCUT2D eigenvalue weighted by molar-refractivity contribution is 5.34. The monoisotopic (exact) mass is 236 g/mol. The lowest BCUT2D eigenvalue weighted by Gasteiger charge is -2.16. The van der Waals surface area contributed by atoms with Gasteiger partial charge in [0.05, 0.1) is 11.0 Å². The van der Waals surface area contributed by atoms with E-state index in [1.807, 2.05) is 6.07 Å². The fourth-order valence-electron chi connectivity index (χ4n) is 2.21. The van der Waals surface area contributed by atoms with Crippen LogP contribution in [0.25, 0.3) is 0 Å². The third-order valence-electron chi connectivity index (χ3n) is 3.17. The summed E-state index contributed by atoms with van der Waals surface area (Å²) in [5.74, 6) is 0. The summed E-state index contributed by atoms with van der Waals surface area (Å²) in [5, 5.41) is 23.5. The van der Waals surface area contributed by atoms with Crippen LogP contribution in [0.4, 0.5) is 5.69 Å². The first-order chi connectivity index (χ1) is 8.16. The summed E-state index contributed by atoms with van der Waals surface area (Å²) in [7, 11) is 0. The molecule has 5 nitrogen and oxygen atoms in total. The van der Waals surface area contributed by atoms with Crippen LogP contribution in [0.3, 0.4) is 0 Å². The Balaban J connectivity index is 1.94. The summed E-state index contributed by atoms with van der Waals surface area (Å²) in [6, 6.07) is 6.69. The van der Waals surface area contributed by atoms with Crippen molar-refractivity contribution in [3.63, 3.8) is 0 Å². The Labute approximate surface area is 99.6 Å². The van der Waals surface area contributed by atoms with Crippen molar-refractivity contribution >= 4 is 5.69 Å². The molecule has 1 aromatic carbocycles. The lowest BCUT2D eigenvalue weighted by Crippen LogP contribution is -2.35. The number of benzene rings is 1. The molecule has 2 unspecified atom stereocenters. The van der Waals surface area contributed by atoms with Gasteiger partial charge in [0.25, 0.3) is 5.69 Å². The Morgan fingerprint density at radius 3 is 2.94 bits per heavy atom. The zero-order valence-corrected chi connectivity index (χ0v) is 9.50. The molecule has 2 N–H and O–H groups in total. The maximum absolute atomic E-state index is 10.6. The van der Waals surface area contributed by atoms with Crippen molar-refractivity contribution in [3.8, 4) is 0 Å². The normalized spacial score (nSPS) is 23.8. The molecule has 1 aliphatic carbocycles. The van der Waals surface area contributed by atoms with E-state index >= 15 is 0 Å². The van der Waals surface area contributed by atoms with Gasteiger partial charge in [0.15, 0.2) is 0 Å². The maximum atomic E-state index is 10.6. The molecule has 5 heteroatoms. The van der Waals surface area contributed by atoms with Crippen molar-refractivity contribution in [2.45, 2.75) is 38.0 Å². The largest absolute Gasteiger partial charge is 0.392 e. The molecule has 17 heavy (non-hydrogen) atoms. The van der Waals surface area contributed by atoms with Gasteiger partial charge >= 0.3 is 0 Å². The zero-order valence-electron chi connectivity index (χ0n) is 9.50. The van der Waals surface area contributed by atoms with Gasteiger partial charge < -0.3 is 10.4 Å². The van der Waals surface area contributed by atoms with E-state index in [2.05, 4.69) is 5.32 Å². The smallest absolute Gasteiger partial charge is 0.269 e. The van der Waals surface area contributed by atoms with Crippen LogP contribution in [0, 0.1) is 10.1 Å². The third-order valence-corrected chi connectivity index (χ3v) is 3.17. The van der Waals surface area contributed by atoms with Gasteiger partial charge in [-0.15, -0.1) is 0 Å². The molecule has 0 heterocycles. The number of aliphatic hydroxyl groups excluding tert-OH is 1. The molecule has 1 aromatic rings. The molecule has 0 aromatic heterocycles. The molecule has 0 aliphatic heterocycles. The predicted octanol–water partition coefficient (Wildman–Crippen LogP) is 1.60. The first-order valence-corrected chi connectivity index (χ1v) is 5.81. The van der Waals surface area contributed by atoms with Crippen LogP contribution in [-0.4, -0.2) is 22.2 Å². The lowest BCUT2D eigenvalue weighted by molar-refractivity contribution is -0.384. The Morgan fingerprint density at radius 1 is 1.47 bits per heavy atom. The van der Waals surface area contributed by atoms with Crippen LogP contribution in [-0.2, 0) is 6.54 Å². The molecule has 0 radical (unpaired) electrons. The molecule has 0 amide bonds. The summed E-state index contributed by atoms with van der Waals surface area (Å²) in [4.78, 5) is 10.2. The zero-order chi connectivity index (χ0) is 12.3. The first kappa shape index (κ1) is 12.0. The number of nitrogens with zero attached hydrogens (tertiary/aromatic N) is 1. The molecule has 1 fully saturated rings. The van der Waals surface area contributed by atoms with E-state index in [-0.39, 0.29) is 17.8 Å². The summed E-state index contributed by atoms with van der Waals surface area (Å²) < 4.78 is 0. The number of rotatable bonds is 4. The van der Waals surface area contributed by atoms with Crippen LogP contribution in [0.15, 0.2) is 24.3 Å². The molecule has 0 saturated heterocycles. The number of aliphatic hydroxyl groups is 1. The van der Waals surface area contributed by atoms with Crippen LogP contribution in [0.5, 0.6) is 0 Å². The van der Waals surface area contributed by atoms with Gasteiger partial charge in [-0.1, -0.05) is 12.1 Å². The Morgan fingerprint density at radius 2 is 2.29 bits per heavy atom. The molecule has 1 aliphatic rings. The molecular weight excluding hydrogens is 220 g/mol. The number of hydrogen-bond donors (Lipinski definition) is 2. The highest BCUT2D eigenvalue weighted by Crippen LogP contribution is 2.19. The minimum absolute atomic E-state index is 0.108. The molecule has 2 atom stereocenters. The van der Waals surface area contributed by atoms with Crippen molar-refractivity contribution in [2.75, 3.05) is 0 Å². The van der Waals surface area contributed by atoms with E-state index in [0.717, 1.165) is 24.8 Å². The average Bonchev–Trinajstić information content (AvgIpc) is 2.72.